The first-order valence-corrected chi connectivity index (χ1v) is 8.06. The number of thiazole rings is 1. The van der Waals surface area contributed by atoms with Gasteiger partial charge in [-0.1, -0.05) is 24.6 Å². The maximum atomic E-state index is 13.5. The number of aromatic nitrogens is 1. The zero-order valence-corrected chi connectivity index (χ0v) is 13.7. The topological polar surface area (TPSA) is 79.3 Å². The Morgan fingerprint density at radius 2 is 2.22 bits per heavy atom. The van der Waals surface area contributed by atoms with Crippen LogP contribution in [0.1, 0.15) is 29.2 Å². The molecule has 2 rings (SSSR count). The van der Waals surface area contributed by atoms with Crippen LogP contribution in [0, 0.1) is 5.82 Å². The third kappa shape index (κ3) is 4.49. The molecule has 2 N–H and O–H groups in total. The molecule has 0 saturated heterocycles. The van der Waals surface area contributed by atoms with E-state index in [-0.39, 0.29) is 17.0 Å². The molecule has 0 fully saturated rings. The number of hydrogen-bond donors (Lipinski definition) is 2. The standard InChI is InChI=1S/C15H14ClFN2O3S/c1-2-13-18-9(7-23-13)6-12(20)19-14(15(21)22)8-3-4-10(16)11(17)5-8/h3-5,7,14H,2,6H2,1H3,(H,19,20)(H,21,22). The van der Waals surface area contributed by atoms with E-state index in [1.165, 1.54) is 23.5 Å². The number of nitrogens with zero attached hydrogens (tertiary/aromatic N) is 1. The van der Waals surface area contributed by atoms with Crippen molar-refractivity contribution in [1.82, 2.24) is 10.3 Å². The van der Waals surface area contributed by atoms with Gasteiger partial charge in [-0.3, -0.25) is 4.79 Å². The lowest BCUT2D eigenvalue weighted by Crippen LogP contribution is -2.34. The highest BCUT2D eigenvalue weighted by atomic mass is 35.5. The second-order valence-corrected chi connectivity index (χ2v) is 6.13. The predicted octanol–water partition coefficient (Wildman–Crippen LogP) is 2.98. The van der Waals surface area contributed by atoms with Gasteiger partial charge in [0, 0.05) is 5.38 Å². The molecule has 0 saturated carbocycles. The summed E-state index contributed by atoms with van der Waals surface area (Å²) in [6.45, 7) is 1.96. The van der Waals surface area contributed by atoms with Gasteiger partial charge >= 0.3 is 5.97 Å². The highest BCUT2D eigenvalue weighted by molar-refractivity contribution is 7.09. The monoisotopic (exact) mass is 356 g/mol. The maximum absolute atomic E-state index is 13.5. The molecule has 1 aromatic carbocycles. The van der Waals surface area contributed by atoms with E-state index < -0.39 is 23.7 Å². The molecule has 8 heteroatoms. The third-order valence-electron chi connectivity index (χ3n) is 3.07. The minimum atomic E-state index is -1.35. The molecule has 1 heterocycles. The van der Waals surface area contributed by atoms with Crippen molar-refractivity contribution in [2.24, 2.45) is 0 Å². The number of aliphatic carboxylic acids is 1. The van der Waals surface area contributed by atoms with Gasteiger partial charge < -0.3 is 10.4 Å². The van der Waals surface area contributed by atoms with Crippen LogP contribution in [-0.4, -0.2) is 22.0 Å². The van der Waals surface area contributed by atoms with Crippen molar-refractivity contribution in [3.05, 3.63) is 50.7 Å². The number of benzene rings is 1. The van der Waals surface area contributed by atoms with Crippen LogP contribution in [0.25, 0.3) is 0 Å². The average molecular weight is 357 g/mol. The highest BCUT2D eigenvalue weighted by Crippen LogP contribution is 2.21. The molecule has 1 unspecified atom stereocenters. The first-order valence-electron chi connectivity index (χ1n) is 6.81. The first kappa shape index (κ1) is 17.4. The summed E-state index contributed by atoms with van der Waals surface area (Å²) in [4.78, 5) is 27.6. The number of amides is 1. The van der Waals surface area contributed by atoms with Crippen molar-refractivity contribution in [2.45, 2.75) is 25.8 Å². The summed E-state index contributed by atoms with van der Waals surface area (Å²) in [6, 6.07) is 2.27. The lowest BCUT2D eigenvalue weighted by atomic mass is 10.1. The second-order valence-electron chi connectivity index (χ2n) is 4.78. The predicted molar refractivity (Wildman–Crippen MR) is 85.1 cm³/mol. The Bertz CT molecular complexity index is 735. The van der Waals surface area contributed by atoms with Crippen LogP contribution >= 0.6 is 22.9 Å². The van der Waals surface area contributed by atoms with Gasteiger partial charge in [0.15, 0.2) is 6.04 Å². The fraction of sp³-hybridized carbons (Fsp3) is 0.267. The van der Waals surface area contributed by atoms with E-state index >= 15 is 0 Å². The molecule has 0 radical (unpaired) electrons. The number of carboxylic acids is 1. The lowest BCUT2D eigenvalue weighted by molar-refractivity contribution is -0.142. The van der Waals surface area contributed by atoms with Crippen LogP contribution < -0.4 is 5.32 Å². The normalized spacial score (nSPS) is 12.0. The Labute approximate surface area is 141 Å². The van der Waals surface area contributed by atoms with Crippen LogP contribution in [0.5, 0.6) is 0 Å². The van der Waals surface area contributed by atoms with E-state index in [9.17, 15) is 19.1 Å². The number of hydrogen-bond acceptors (Lipinski definition) is 4. The number of carbonyl (C=O) groups excluding carboxylic acids is 1. The largest absolute Gasteiger partial charge is 0.479 e. The molecule has 0 spiro atoms. The SMILES string of the molecule is CCc1nc(CC(=O)NC(C(=O)O)c2ccc(Cl)c(F)c2)cs1. The van der Waals surface area contributed by atoms with Crippen molar-refractivity contribution in [3.63, 3.8) is 0 Å². The lowest BCUT2D eigenvalue weighted by Gasteiger charge is -2.15. The minimum Gasteiger partial charge on any atom is -0.479 e. The Hall–Kier alpha value is -1.99. The summed E-state index contributed by atoms with van der Waals surface area (Å²) < 4.78 is 13.5. The number of carboxylic acid groups (broad SMARTS) is 1. The first-order chi connectivity index (χ1) is 10.9. The van der Waals surface area contributed by atoms with Crippen LogP contribution in [0.4, 0.5) is 4.39 Å². The van der Waals surface area contributed by atoms with Gasteiger partial charge in [-0.15, -0.1) is 11.3 Å². The van der Waals surface area contributed by atoms with Crippen LogP contribution in [0.15, 0.2) is 23.6 Å². The van der Waals surface area contributed by atoms with Gasteiger partial charge in [-0.25, -0.2) is 14.2 Å². The fourth-order valence-electron chi connectivity index (χ4n) is 1.95. The van der Waals surface area contributed by atoms with Gasteiger partial charge in [-0.2, -0.15) is 0 Å². The number of halogens is 2. The maximum Gasteiger partial charge on any atom is 0.330 e. The smallest absolute Gasteiger partial charge is 0.330 e. The number of carbonyl (C=O) groups is 2. The Morgan fingerprint density at radius 1 is 1.48 bits per heavy atom. The fourth-order valence-corrected chi connectivity index (χ4v) is 2.81. The Balaban J connectivity index is 2.10. The van der Waals surface area contributed by atoms with Crippen molar-refractivity contribution in [2.75, 3.05) is 0 Å². The second kappa shape index (κ2) is 7.52. The summed E-state index contributed by atoms with van der Waals surface area (Å²) in [5.41, 5.74) is 0.691. The van der Waals surface area contributed by atoms with Gasteiger partial charge in [0.1, 0.15) is 5.82 Å². The molecule has 1 atom stereocenters. The van der Waals surface area contributed by atoms with Gasteiger partial charge in [0.05, 0.1) is 22.1 Å². The van der Waals surface area contributed by atoms with Crippen LogP contribution in [0.2, 0.25) is 5.02 Å². The molecule has 1 amide bonds. The van der Waals surface area contributed by atoms with E-state index in [1.807, 2.05) is 6.92 Å². The van der Waals surface area contributed by atoms with Crippen LogP contribution in [0.3, 0.4) is 0 Å². The van der Waals surface area contributed by atoms with Gasteiger partial charge in [0.25, 0.3) is 0 Å². The van der Waals surface area contributed by atoms with E-state index in [0.29, 0.717) is 5.69 Å². The van der Waals surface area contributed by atoms with E-state index in [0.717, 1.165) is 17.5 Å². The molecule has 0 aliphatic heterocycles. The molecule has 2 aromatic rings. The highest BCUT2D eigenvalue weighted by Gasteiger charge is 2.23. The summed E-state index contributed by atoms with van der Waals surface area (Å²) in [5.74, 6) is -2.52. The zero-order valence-electron chi connectivity index (χ0n) is 12.2. The molecule has 1 aromatic heterocycles. The molecule has 23 heavy (non-hydrogen) atoms. The van der Waals surface area contributed by atoms with E-state index in [1.54, 1.807) is 5.38 Å². The quantitative estimate of drug-likeness (QED) is 0.834. The molecule has 0 bridgehead atoms. The zero-order chi connectivity index (χ0) is 17.0. The molecule has 5 nitrogen and oxygen atoms in total. The average Bonchev–Trinajstić information content (AvgIpc) is 2.95. The van der Waals surface area contributed by atoms with Crippen molar-refractivity contribution >= 4 is 34.8 Å². The Kier molecular flexibility index (Phi) is 5.68. The summed E-state index contributed by atoms with van der Waals surface area (Å²) >= 11 is 7.02. The summed E-state index contributed by atoms with van der Waals surface area (Å²) in [7, 11) is 0. The number of rotatable bonds is 6. The number of aryl methyl sites for hydroxylation is 1. The van der Waals surface area contributed by atoms with Crippen molar-refractivity contribution in [3.8, 4) is 0 Å². The third-order valence-corrected chi connectivity index (χ3v) is 4.42. The molecule has 0 aliphatic rings. The van der Waals surface area contributed by atoms with E-state index in [2.05, 4.69) is 10.3 Å². The van der Waals surface area contributed by atoms with E-state index in [4.69, 9.17) is 11.6 Å². The van der Waals surface area contributed by atoms with Crippen molar-refractivity contribution < 1.29 is 19.1 Å². The van der Waals surface area contributed by atoms with Gasteiger partial charge in [0.2, 0.25) is 5.91 Å². The molecule has 122 valence electrons. The summed E-state index contributed by atoms with van der Waals surface area (Å²) in [6.07, 6.45) is 0.741. The van der Waals surface area contributed by atoms with Gasteiger partial charge in [-0.05, 0) is 24.1 Å². The molecular weight excluding hydrogens is 343 g/mol. The Morgan fingerprint density at radius 3 is 2.78 bits per heavy atom. The molecule has 0 aliphatic carbocycles. The number of nitrogens with one attached hydrogen (secondary N) is 1. The summed E-state index contributed by atoms with van der Waals surface area (Å²) in [5, 5.41) is 14.2. The van der Waals surface area contributed by atoms with Crippen LogP contribution in [-0.2, 0) is 22.4 Å². The minimum absolute atomic E-state index is 0.0314. The van der Waals surface area contributed by atoms with Crippen molar-refractivity contribution in [1.29, 1.82) is 0 Å². The molecular formula is C15H14ClFN2O3S.